The number of nitrogens with one attached hydrogen (secondary N) is 1. The standard InChI is InChI=1S/C65H81FN6O16/c1-31-13-12-14-32(2)62(81)68-49-42(56(78)46-47(57(49)79)54(76)36(6)59-48(46)61(80)64(8,88-59)86-26-20-45(84-10)33(3)58(87-37(7)73)35(5)53(75)34(4)52(31)74)28-67-71-24-18-39(19-25-71)69(9)65(21-22-65)38-17-23-70(29-38)51-44(66)27-41-50(60(51)85-11)72(40-15-16-40)30-43(55(41)77)63(82)83/h12-14,20,26-28,30-31,33-35,38-40,45,52-53,58,74-76,78-79H,15-19,21-25,29H2,1-11H3,(H,68,81)(H,82,83)/t31-,33+,34+,35+,38?,45-,52-,53+,58+,64-/m0/s1. The van der Waals surface area contributed by atoms with Gasteiger partial charge >= 0.3 is 17.7 Å². The number of methoxy groups -OCH3 is 2. The highest BCUT2D eigenvalue weighted by Gasteiger charge is 2.56. The van der Waals surface area contributed by atoms with Crippen molar-refractivity contribution in [3.8, 4) is 28.7 Å². The van der Waals surface area contributed by atoms with Crippen LogP contribution in [-0.4, -0.2) is 164 Å². The number of aromatic carboxylic acids is 1. The number of allylic oxidation sites excluding steroid dienone is 2. The van der Waals surface area contributed by atoms with E-state index < -0.39 is 112 Å². The van der Waals surface area contributed by atoms with Crippen LogP contribution in [0.3, 0.4) is 0 Å². The van der Waals surface area contributed by atoms with Crippen LogP contribution in [0.1, 0.15) is 131 Å². The second kappa shape index (κ2) is 24.3. The summed E-state index contributed by atoms with van der Waals surface area (Å²) in [7, 11) is 5.00. The van der Waals surface area contributed by atoms with E-state index in [2.05, 4.69) is 17.3 Å². The van der Waals surface area contributed by atoms with Gasteiger partial charge in [0.15, 0.2) is 17.3 Å². The lowest BCUT2D eigenvalue weighted by atomic mass is 9.78. The van der Waals surface area contributed by atoms with E-state index in [4.69, 9.17) is 28.8 Å². The minimum absolute atomic E-state index is 0.0170. The summed E-state index contributed by atoms with van der Waals surface area (Å²) in [5, 5.41) is 78.4. The first-order chi connectivity index (χ1) is 41.7. The fourth-order valence-corrected chi connectivity index (χ4v) is 14.0. The van der Waals surface area contributed by atoms with Gasteiger partial charge in [-0.25, -0.2) is 9.18 Å². The third-order valence-corrected chi connectivity index (χ3v) is 19.7. The van der Waals surface area contributed by atoms with Gasteiger partial charge in [-0.3, -0.25) is 29.1 Å². The van der Waals surface area contributed by atoms with Gasteiger partial charge in [0.2, 0.25) is 5.43 Å². The van der Waals surface area contributed by atoms with Crippen LogP contribution in [0.15, 0.2) is 58.3 Å². The zero-order chi connectivity index (χ0) is 63.7. The number of carbonyl (C=O) groups is 4. The normalized spacial score (nSPS) is 28.0. The number of rotatable bonds is 11. The molecule has 0 radical (unpaired) electrons. The molecule has 22 nitrogen and oxygen atoms in total. The van der Waals surface area contributed by atoms with Crippen LogP contribution in [-0.2, 0) is 23.8 Å². The van der Waals surface area contributed by atoms with Crippen molar-refractivity contribution in [3.05, 3.63) is 86.7 Å². The molecule has 5 aliphatic heterocycles. The summed E-state index contributed by atoms with van der Waals surface area (Å²) in [6, 6.07) is 1.24. The third-order valence-electron chi connectivity index (χ3n) is 19.7. The van der Waals surface area contributed by atoms with Crippen LogP contribution < -0.4 is 25.1 Å². The molecule has 1 amide bonds. The second-order valence-electron chi connectivity index (χ2n) is 25.1. The topological polar surface area (TPSA) is 292 Å². The Bertz CT molecular complexity index is 3660. The Morgan fingerprint density at radius 3 is 2.23 bits per heavy atom. The van der Waals surface area contributed by atoms with Gasteiger partial charge in [-0.2, -0.15) is 5.10 Å². The number of hydrogen-bond donors (Lipinski definition) is 7. The highest BCUT2D eigenvalue weighted by atomic mass is 19.1. The average Bonchev–Trinajstić information content (AvgIpc) is 1.45. The summed E-state index contributed by atoms with van der Waals surface area (Å²) in [4.78, 5) is 71.5. The van der Waals surface area contributed by atoms with Gasteiger partial charge in [0.05, 0.1) is 71.0 Å². The second-order valence-corrected chi connectivity index (χ2v) is 25.1. The van der Waals surface area contributed by atoms with Gasteiger partial charge in [-0.1, -0.05) is 45.9 Å². The number of Topliss-reactive ketones (excluding diaryl/α,β-unsaturated/α-hetero) is 1. The predicted molar refractivity (Wildman–Crippen MR) is 326 cm³/mol. The lowest BCUT2D eigenvalue weighted by Crippen LogP contribution is -2.50. The molecule has 2 saturated carbocycles. The molecule has 5 bridgehead atoms. The first kappa shape index (κ1) is 63.3. The molecule has 1 aromatic heterocycles. The highest BCUT2D eigenvalue weighted by molar-refractivity contribution is 6.24. The number of aliphatic hydroxyl groups excluding tert-OH is 2. The van der Waals surface area contributed by atoms with E-state index in [1.165, 1.54) is 72.7 Å². The van der Waals surface area contributed by atoms with Crippen molar-refractivity contribution in [1.82, 2.24) is 14.5 Å². The number of benzene rings is 3. The number of anilines is 2. The minimum Gasteiger partial charge on any atom is -0.507 e. The summed E-state index contributed by atoms with van der Waals surface area (Å²) in [6.45, 7) is 14.4. The number of aromatic nitrogens is 1. The molecular formula is C65H81FN6O16. The number of piperidine rings is 1. The van der Waals surface area contributed by atoms with E-state index in [0.717, 1.165) is 38.2 Å². The molecule has 7 N–H and O–H groups in total. The maximum Gasteiger partial charge on any atom is 0.341 e. The number of carbonyl (C=O) groups excluding carboxylic acids is 3. The number of esters is 1. The van der Waals surface area contributed by atoms with Gasteiger partial charge in [0.1, 0.15) is 34.6 Å². The molecule has 2 saturated heterocycles. The third kappa shape index (κ3) is 11.2. The summed E-state index contributed by atoms with van der Waals surface area (Å²) in [5.41, 5.74) is -1.29. The van der Waals surface area contributed by atoms with Crippen molar-refractivity contribution in [2.45, 2.75) is 148 Å². The maximum absolute atomic E-state index is 16.4. The van der Waals surface area contributed by atoms with Gasteiger partial charge < -0.3 is 69.1 Å². The number of hydrazone groups is 1. The Balaban J connectivity index is 0.934. The molecule has 474 valence electrons. The number of pyridine rings is 1. The van der Waals surface area contributed by atoms with E-state index in [9.17, 15) is 54.6 Å². The number of ketones is 1. The van der Waals surface area contributed by atoms with Crippen LogP contribution >= 0.6 is 0 Å². The molecule has 3 aromatic carbocycles. The molecule has 10 atom stereocenters. The average molecular weight is 1220 g/mol. The van der Waals surface area contributed by atoms with Gasteiger partial charge in [0, 0.05) is 111 Å². The van der Waals surface area contributed by atoms with Crippen molar-refractivity contribution in [2.24, 2.45) is 34.7 Å². The molecule has 0 spiro atoms. The molecular weight excluding hydrogens is 1140 g/mol. The Morgan fingerprint density at radius 1 is 0.909 bits per heavy atom. The number of aromatic hydroxyl groups is 3. The van der Waals surface area contributed by atoms with Crippen molar-refractivity contribution < 1.29 is 77.9 Å². The van der Waals surface area contributed by atoms with Crippen molar-refractivity contribution >= 4 is 62.9 Å². The Hall–Kier alpha value is -7.73. The van der Waals surface area contributed by atoms with Crippen LogP contribution in [0.5, 0.6) is 28.7 Å². The fraction of sp³-hybridized carbons (Fsp3) is 0.538. The monoisotopic (exact) mass is 1220 g/mol. The van der Waals surface area contributed by atoms with Gasteiger partial charge in [-0.15, -0.1) is 0 Å². The molecule has 4 fully saturated rings. The van der Waals surface area contributed by atoms with Crippen molar-refractivity contribution in [1.29, 1.82) is 0 Å². The SMILES string of the molecule is COc1c(N2CCC(C3(N(C)C4CCN(N=Cc5c6c(O)c7c(O)c(C)c8c(c7c5O)C(=O)[C@@](C)(OC=C[C@H](OC)[C@@H](C)[C@@H](OC(C)=O)[C@H](C)[C@H](O)[C@H](C)[C@@H](O)[C@@H](C)C=CC=C(C)C(=O)N6)O8)CC4)CC3)C2)c(F)cc2c(=O)c(C(=O)O)cn(C3CC3)c12. The van der Waals surface area contributed by atoms with Crippen LogP contribution in [0, 0.1) is 42.3 Å². The molecule has 2 aliphatic carbocycles. The number of ether oxygens (including phenoxy) is 5. The molecule has 23 heteroatoms. The number of phenolic OH excluding ortho intramolecular Hbond substituents is 3. The fourth-order valence-electron chi connectivity index (χ4n) is 14.0. The molecule has 7 aliphatic rings. The molecule has 88 heavy (non-hydrogen) atoms. The zero-order valence-corrected chi connectivity index (χ0v) is 51.6. The molecule has 1 unspecified atom stereocenters. The van der Waals surface area contributed by atoms with E-state index in [0.29, 0.717) is 44.5 Å². The number of carboxylic acids is 1. The first-order valence-corrected chi connectivity index (χ1v) is 30.2. The first-order valence-electron chi connectivity index (χ1n) is 30.2. The highest BCUT2D eigenvalue weighted by Crippen LogP contribution is 2.56. The predicted octanol–water partition coefficient (Wildman–Crippen LogP) is 8.04. The number of amides is 1. The number of carboxylic acid groups (broad SMARTS) is 1. The van der Waals surface area contributed by atoms with Crippen molar-refractivity contribution in [3.63, 3.8) is 0 Å². The van der Waals surface area contributed by atoms with Crippen LogP contribution in [0.4, 0.5) is 15.8 Å². The number of hydrogen-bond acceptors (Lipinski definition) is 19. The quantitative estimate of drug-likeness (QED) is 0.0323. The van der Waals surface area contributed by atoms with Crippen LogP contribution in [0.25, 0.3) is 21.7 Å². The molecule has 11 rings (SSSR count). The molecule has 6 heterocycles. The number of halogens is 1. The summed E-state index contributed by atoms with van der Waals surface area (Å²) < 4.78 is 48.0. The lowest BCUT2D eigenvalue weighted by molar-refractivity contribution is -0.160. The van der Waals surface area contributed by atoms with Crippen LogP contribution in [0.2, 0.25) is 0 Å². The smallest absolute Gasteiger partial charge is 0.341 e. The lowest BCUT2D eigenvalue weighted by Gasteiger charge is -2.42. The Morgan fingerprint density at radius 2 is 1.60 bits per heavy atom. The van der Waals surface area contributed by atoms with E-state index in [1.54, 1.807) is 49.4 Å². The number of aliphatic hydroxyl groups is 2. The van der Waals surface area contributed by atoms with E-state index >= 15 is 4.39 Å². The summed E-state index contributed by atoms with van der Waals surface area (Å²) in [5.74, 6) is -10.6. The summed E-state index contributed by atoms with van der Waals surface area (Å²) in [6.07, 6.45) is 11.6. The minimum atomic E-state index is -2.12. The van der Waals surface area contributed by atoms with Gasteiger partial charge in [-0.05, 0) is 83.9 Å². The zero-order valence-electron chi connectivity index (χ0n) is 51.6. The molecule has 4 aromatic rings. The Labute approximate surface area is 509 Å². The van der Waals surface area contributed by atoms with Gasteiger partial charge in [0.25, 0.3) is 11.7 Å². The van der Waals surface area contributed by atoms with Crippen molar-refractivity contribution in [2.75, 3.05) is 57.7 Å². The number of nitrogens with zero attached hydrogens (tertiary/aromatic N) is 5. The maximum atomic E-state index is 16.4. The Kier molecular flexibility index (Phi) is 17.5. The van der Waals surface area contributed by atoms with E-state index in [1.807, 2.05) is 4.90 Å². The largest absolute Gasteiger partial charge is 0.507 e. The summed E-state index contributed by atoms with van der Waals surface area (Å²) >= 11 is 0. The van der Waals surface area contributed by atoms with E-state index in [-0.39, 0.29) is 84.8 Å². The number of fused-ring (bicyclic) bond motifs is 15. The number of phenols is 3.